The minimum absolute atomic E-state index is 0.690. The van der Waals surface area contributed by atoms with Crippen LogP contribution in [0.1, 0.15) is 19.3 Å². The highest BCUT2D eigenvalue weighted by atomic mass is 127. The predicted molar refractivity (Wildman–Crippen MR) is 190 cm³/mol. The Morgan fingerprint density at radius 1 is 0.348 bits per heavy atom. The zero-order valence-electron chi connectivity index (χ0n) is 31.5. The standard InChI is InChI=1S/C24H23F24I3O15S3/c25-13(26,16(31,32)64-19(37,38)22(43,44)67(52,53)54)1-9(49)4-61-7-12(63-6-11(51)3-15(29,30)18(35,36)66-21(41,42)24(47,48)69(58,59)60)8-62-5-10(50)2-14(27,28)17(33,34)65-20(39,40)23(45,46)68(55,56)57/h9-12H,1-8H2,(H,52,53,54)(H,55,56,57)(H,58,59,60)/p-3. The van der Waals surface area contributed by atoms with Gasteiger partial charge in [-0.1, -0.05) is 67.8 Å². The lowest BCUT2D eigenvalue weighted by Crippen LogP contribution is -2.56. The third kappa shape index (κ3) is 17.3. The van der Waals surface area contributed by atoms with Gasteiger partial charge in [0, 0.05) is 31.0 Å². The third-order valence-electron chi connectivity index (χ3n) is 7.16. The fourth-order valence-corrected chi connectivity index (χ4v) is 7.10. The van der Waals surface area contributed by atoms with Crippen molar-refractivity contribution < 1.29 is 173 Å². The average molecular weight is 1480 g/mol. The van der Waals surface area contributed by atoms with Gasteiger partial charge in [0.2, 0.25) is 0 Å². The lowest BCUT2D eigenvalue weighted by atomic mass is 10.1. The quantitative estimate of drug-likeness (QED) is 0.0270. The van der Waals surface area contributed by atoms with Gasteiger partial charge in [-0.05, 0) is 0 Å². The van der Waals surface area contributed by atoms with E-state index in [-0.39, 0.29) is 0 Å². The van der Waals surface area contributed by atoms with E-state index >= 15 is 0 Å². The van der Waals surface area contributed by atoms with Crippen molar-refractivity contribution in [2.75, 3.05) is 33.0 Å². The molecule has 0 rings (SSSR count). The molecule has 0 aromatic carbocycles. The highest BCUT2D eigenvalue weighted by Crippen LogP contribution is 2.51. The van der Waals surface area contributed by atoms with Crippen LogP contribution in [0.25, 0.3) is 0 Å². The van der Waals surface area contributed by atoms with E-state index in [1.165, 1.54) is 0 Å². The molecule has 416 valence electrons. The molecule has 0 saturated carbocycles. The van der Waals surface area contributed by atoms with Gasteiger partial charge in [0.1, 0.15) is 6.10 Å². The summed E-state index contributed by atoms with van der Waals surface area (Å²) >= 11 is 2.13. The van der Waals surface area contributed by atoms with Crippen LogP contribution in [0.3, 0.4) is 0 Å². The number of hydrogen-bond acceptors (Lipinski definition) is 15. The van der Waals surface area contributed by atoms with E-state index < -0.39 is 171 Å². The highest BCUT2D eigenvalue weighted by molar-refractivity contribution is 14.1. The number of rotatable bonds is 32. The molecule has 0 heterocycles. The predicted octanol–water partition coefficient (Wildman–Crippen LogP) is 7.91. The van der Waals surface area contributed by atoms with Crippen molar-refractivity contribution in [3.8, 4) is 0 Å². The van der Waals surface area contributed by atoms with Gasteiger partial charge >= 0.3 is 70.2 Å². The van der Waals surface area contributed by atoms with E-state index in [0.29, 0.717) is 22.6 Å². The summed E-state index contributed by atoms with van der Waals surface area (Å²) in [5.74, 6) is -18.2. The van der Waals surface area contributed by atoms with Crippen LogP contribution in [-0.2, 0) is 58.8 Å². The lowest BCUT2D eigenvalue weighted by Gasteiger charge is -2.34. The number of hydrogen-bond donors (Lipinski definition) is 0. The Bertz CT molecular complexity index is 1960. The zero-order valence-corrected chi connectivity index (χ0v) is 40.4. The molecule has 0 spiro atoms. The smallest absolute Gasteiger partial charge is 0.438 e. The van der Waals surface area contributed by atoms with Crippen LogP contribution >= 0.6 is 67.8 Å². The van der Waals surface area contributed by atoms with Gasteiger partial charge in [0.25, 0.3) is 0 Å². The van der Waals surface area contributed by atoms with Crippen molar-refractivity contribution in [1.29, 1.82) is 0 Å². The Hall–Kier alpha value is -0.000000000000000465. The maximum atomic E-state index is 14.3. The summed E-state index contributed by atoms with van der Waals surface area (Å²) in [6.07, 6.45) is -51.6. The summed E-state index contributed by atoms with van der Waals surface area (Å²) in [5.41, 5.74) is 0. The van der Waals surface area contributed by atoms with Gasteiger partial charge in [0.15, 0.2) is 30.4 Å². The van der Waals surface area contributed by atoms with Crippen molar-refractivity contribution in [1.82, 2.24) is 0 Å². The fourth-order valence-electron chi connectivity index (χ4n) is 3.73. The Kier molecular flexibility index (Phi) is 22.7. The molecular weight excluding hydrogens is 1460 g/mol. The second-order valence-corrected chi connectivity index (χ2v) is 22.4. The third-order valence-corrected chi connectivity index (χ3v) is 12.2. The molecular formula is C24H20F24I3O15S3-3. The normalized spacial score (nSPS) is 17.5. The summed E-state index contributed by atoms with van der Waals surface area (Å²) in [7, 11) is -22.8. The van der Waals surface area contributed by atoms with E-state index in [1.54, 1.807) is 0 Å². The number of alkyl halides is 27. The molecule has 0 N–H and O–H groups in total. The van der Waals surface area contributed by atoms with Crippen LogP contribution in [0.4, 0.5) is 105 Å². The molecule has 0 aliphatic heterocycles. The van der Waals surface area contributed by atoms with Crippen LogP contribution in [0, 0.1) is 0 Å². The largest absolute Gasteiger partial charge is 0.743 e. The molecule has 0 aromatic heterocycles. The van der Waals surface area contributed by atoms with Crippen LogP contribution in [-0.4, -0.2) is 160 Å². The molecule has 3 unspecified atom stereocenters. The molecule has 0 fully saturated rings. The zero-order chi connectivity index (χ0) is 55.7. The molecule has 0 aliphatic rings. The van der Waals surface area contributed by atoms with Crippen LogP contribution in [0.5, 0.6) is 0 Å². The van der Waals surface area contributed by atoms with Crippen LogP contribution in [0.2, 0.25) is 0 Å². The van der Waals surface area contributed by atoms with Gasteiger partial charge in [-0.25, -0.2) is 39.5 Å². The van der Waals surface area contributed by atoms with Gasteiger partial charge < -0.3 is 27.9 Å². The molecule has 45 heteroatoms. The molecule has 3 atom stereocenters. The van der Waals surface area contributed by atoms with Crippen molar-refractivity contribution >= 4 is 98.1 Å². The van der Waals surface area contributed by atoms with Crippen LogP contribution < -0.4 is 0 Å². The van der Waals surface area contributed by atoms with E-state index in [2.05, 4.69) is 0 Å². The second-order valence-electron chi connectivity index (χ2n) is 12.9. The molecule has 15 nitrogen and oxygen atoms in total. The molecule has 0 amide bonds. The van der Waals surface area contributed by atoms with E-state index in [1.807, 2.05) is 14.2 Å². The summed E-state index contributed by atoms with van der Waals surface area (Å²) in [5, 5.41) is -21.3. The van der Waals surface area contributed by atoms with Gasteiger partial charge in [-0.3, -0.25) is 0 Å². The Morgan fingerprint density at radius 3 is 0.754 bits per heavy atom. The lowest BCUT2D eigenvalue weighted by molar-refractivity contribution is -0.457. The molecule has 0 radical (unpaired) electrons. The maximum absolute atomic E-state index is 14.3. The highest BCUT2D eigenvalue weighted by Gasteiger charge is 2.74. The summed E-state index contributed by atoms with van der Waals surface area (Å²) < 4.78 is 436. The van der Waals surface area contributed by atoms with Crippen molar-refractivity contribution in [2.45, 2.75) is 107 Å². The summed E-state index contributed by atoms with van der Waals surface area (Å²) in [6, 6.07) is 0. The molecule has 0 aliphatic carbocycles. The van der Waals surface area contributed by atoms with Crippen molar-refractivity contribution in [2.24, 2.45) is 0 Å². The van der Waals surface area contributed by atoms with Crippen LogP contribution in [0.15, 0.2) is 0 Å². The first-order valence-corrected chi connectivity index (χ1v) is 24.0. The number of ether oxygens (including phenoxy) is 6. The Labute approximate surface area is 408 Å². The first-order valence-electron chi connectivity index (χ1n) is 16.0. The SMILES string of the molecule is O=S(=O)([O-])C(F)(F)C(F)(F)OC(F)(F)C(F)(F)CC(I)COCC(COCC(I)CC(F)(F)C(F)(F)OC(F)(F)C(F)(F)S(=O)(=O)[O-])OCC(I)CC(F)(F)C(F)(F)OC(F)(F)C(F)(F)S(=O)(=O)[O-]. The molecule has 0 saturated heterocycles. The van der Waals surface area contributed by atoms with Gasteiger partial charge in [0.05, 0.1) is 33.0 Å². The van der Waals surface area contributed by atoms with Crippen molar-refractivity contribution in [3.05, 3.63) is 0 Å². The molecule has 0 aromatic rings. The van der Waals surface area contributed by atoms with Gasteiger partial charge in [-0.15, -0.1) is 0 Å². The average Bonchev–Trinajstić information content (AvgIpc) is 3.06. The first-order chi connectivity index (χ1) is 29.8. The second kappa shape index (κ2) is 22.7. The maximum Gasteiger partial charge on any atom is 0.438 e. The monoisotopic (exact) mass is 1480 g/mol. The van der Waals surface area contributed by atoms with Gasteiger partial charge in [-0.2, -0.15) is 105 Å². The van der Waals surface area contributed by atoms with E-state index in [4.69, 9.17) is 14.2 Å². The molecule has 69 heavy (non-hydrogen) atoms. The fraction of sp³-hybridized carbons (Fsp3) is 1.00. The first kappa shape index (κ1) is 69.0. The Morgan fingerprint density at radius 2 is 0.551 bits per heavy atom. The topological polar surface area (TPSA) is 227 Å². The number of halogens is 27. The summed E-state index contributed by atoms with van der Waals surface area (Å²) in [6.45, 7) is -7.16. The van der Waals surface area contributed by atoms with E-state index in [0.717, 1.165) is 45.2 Å². The minimum Gasteiger partial charge on any atom is -0.743 e. The van der Waals surface area contributed by atoms with Crippen molar-refractivity contribution in [3.63, 3.8) is 0 Å². The molecule has 0 bridgehead atoms. The summed E-state index contributed by atoms with van der Waals surface area (Å²) in [4.78, 5) is 0. The Balaban J connectivity index is 6.30. The van der Waals surface area contributed by atoms with E-state index in [9.17, 15) is 144 Å². The minimum atomic E-state index is -7.60.